The van der Waals surface area contributed by atoms with Gasteiger partial charge in [0.1, 0.15) is 23.4 Å². The number of anilines is 4. The lowest BCUT2D eigenvalue weighted by Gasteiger charge is -2.28. The van der Waals surface area contributed by atoms with Crippen LogP contribution in [0.15, 0.2) is 34.9 Å². The number of primary amides is 1. The fourth-order valence-electron chi connectivity index (χ4n) is 4.49. The number of rotatable bonds is 13. The monoisotopic (exact) mass is 659 g/mol. The molecule has 4 rings (SSSR count). The topological polar surface area (TPSA) is 224 Å². The van der Waals surface area contributed by atoms with Crippen LogP contribution in [0.2, 0.25) is 0 Å². The van der Waals surface area contributed by atoms with Crippen molar-refractivity contribution < 1.29 is 28.7 Å². The zero-order chi connectivity index (χ0) is 31.3. The molecule has 15 nitrogen and oxygen atoms in total. The molecule has 3 atom stereocenters. The van der Waals surface area contributed by atoms with Crippen LogP contribution in [0.5, 0.6) is 0 Å². The van der Waals surface area contributed by atoms with Gasteiger partial charge in [-0.15, -0.1) is 0 Å². The molecule has 1 aromatic carbocycles. The van der Waals surface area contributed by atoms with Crippen LogP contribution in [0.1, 0.15) is 33.1 Å². The van der Waals surface area contributed by atoms with E-state index in [9.17, 15) is 24.0 Å². The summed E-state index contributed by atoms with van der Waals surface area (Å²) in [5.74, 6) is -1.67. The lowest BCUT2D eigenvalue weighted by Crippen LogP contribution is -2.51. The molecule has 8 N–H and O–H groups in total. The van der Waals surface area contributed by atoms with Gasteiger partial charge in [0.05, 0.1) is 23.5 Å². The van der Waals surface area contributed by atoms with E-state index < -0.39 is 47.1 Å². The number of aromatic nitrogens is 2. The molecule has 1 unspecified atom stereocenters. The number of benzene rings is 1. The summed E-state index contributed by atoms with van der Waals surface area (Å²) in [6.45, 7) is 4.04. The Morgan fingerprint density at radius 3 is 2.65 bits per heavy atom. The number of likely N-dealkylation sites (tertiary alicyclic amines) is 1. The lowest BCUT2D eigenvalue weighted by atomic mass is 9.91. The van der Waals surface area contributed by atoms with Crippen molar-refractivity contribution in [2.45, 2.75) is 51.3 Å². The molecule has 43 heavy (non-hydrogen) atoms. The Morgan fingerprint density at radius 1 is 1.21 bits per heavy atom. The summed E-state index contributed by atoms with van der Waals surface area (Å²) in [4.78, 5) is 70.8. The fourth-order valence-corrected chi connectivity index (χ4v) is 4.82. The van der Waals surface area contributed by atoms with Crippen LogP contribution >= 0.6 is 15.9 Å². The van der Waals surface area contributed by atoms with Gasteiger partial charge in [-0.3, -0.25) is 19.2 Å². The molecule has 0 aliphatic carbocycles. The average Bonchev–Trinajstić information content (AvgIpc) is 3.53. The maximum Gasteiger partial charge on any atom is 0.329 e. The van der Waals surface area contributed by atoms with Gasteiger partial charge in [0, 0.05) is 37.1 Å². The van der Waals surface area contributed by atoms with Gasteiger partial charge >= 0.3 is 5.97 Å². The number of hydrogen-bond acceptors (Lipinski definition) is 11. The number of nitrogens with zero attached hydrogens (tertiary/aromatic N) is 3. The molecule has 230 valence electrons. The third-order valence-corrected chi connectivity index (χ3v) is 7.67. The minimum absolute atomic E-state index is 0.253. The van der Waals surface area contributed by atoms with Gasteiger partial charge in [-0.2, -0.15) is 4.98 Å². The van der Waals surface area contributed by atoms with Crippen LogP contribution in [0.25, 0.3) is 0 Å². The van der Waals surface area contributed by atoms with Gasteiger partial charge in [-0.1, -0.05) is 6.07 Å². The van der Waals surface area contributed by atoms with E-state index in [-0.39, 0.29) is 18.5 Å². The second-order valence-electron chi connectivity index (χ2n) is 10.8. The van der Waals surface area contributed by atoms with Crippen LogP contribution in [0, 0.1) is 5.41 Å². The third-order valence-electron chi connectivity index (χ3n) is 7.08. The Balaban J connectivity index is 1.26. The highest BCUT2D eigenvalue weighted by Gasteiger charge is 2.49. The van der Waals surface area contributed by atoms with Crippen molar-refractivity contribution in [2.75, 3.05) is 35.6 Å². The number of carbonyl (C=O) groups is 5. The van der Waals surface area contributed by atoms with Crippen molar-refractivity contribution >= 4 is 68.7 Å². The van der Waals surface area contributed by atoms with Crippen molar-refractivity contribution in [3.05, 3.63) is 34.9 Å². The van der Waals surface area contributed by atoms with E-state index in [1.807, 2.05) is 0 Å². The second-order valence-corrected chi connectivity index (χ2v) is 11.6. The van der Waals surface area contributed by atoms with E-state index in [2.05, 4.69) is 47.2 Å². The zero-order valence-corrected chi connectivity index (χ0v) is 25.3. The summed E-state index contributed by atoms with van der Waals surface area (Å²) in [6.07, 6.45) is 2.03. The number of nitrogens with one attached hydrogen (secondary N) is 4. The van der Waals surface area contributed by atoms with Crippen LogP contribution in [0.4, 0.5) is 23.1 Å². The fraction of sp³-hybridized carbons (Fsp3) is 0.444. The first-order valence-corrected chi connectivity index (χ1v) is 14.4. The maximum atomic E-state index is 12.7. The Kier molecular flexibility index (Phi) is 9.80. The van der Waals surface area contributed by atoms with Gasteiger partial charge in [0.25, 0.3) is 0 Å². The molecule has 0 saturated carbocycles. The first-order valence-electron chi connectivity index (χ1n) is 13.6. The summed E-state index contributed by atoms with van der Waals surface area (Å²) in [5.41, 5.74) is 11.0. The number of nitrogens with two attached hydrogens (primary N) is 2. The number of esters is 1. The molecule has 16 heteroatoms. The molecular weight excluding hydrogens is 626 g/mol. The number of fused-ring (bicyclic) bond motifs is 2. The molecule has 3 heterocycles. The van der Waals surface area contributed by atoms with Crippen molar-refractivity contribution in [3.8, 4) is 0 Å². The SMILES string of the molecule is CC(C)(C(N)=O)C(=O)NCCCNc1nc(Nc2cccc(NC(=O)CC(N)C(=O)N3C[C@H]4C[C@@H]3C(=O)O4)c2)ncc1Br. The number of halogens is 1. The van der Waals surface area contributed by atoms with E-state index in [0.29, 0.717) is 54.1 Å². The van der Waals surface area contributed by atoms with E-state index >= 15 is 0 Å². The highest BCUT2D eigenvalue weighted by molar-refractivity contribution is 9.10. The number of morpholine rings is 1. The normalized spacial score (nSPS) is 18.0. The number of carbonyl (C=O) groups excluding carboxylic acids is 5. The first kappa shape index (κ1) is 31.6. The quantitative estimate of drug-likeness (QED) is 0.0991. The van der Waals surface area contributed by atoms with Crippen LogP contribution < -0.4 is 32.7 Å². The van der Waals surface area contributed by atoms with Gasteiger partial charge in [-0.05, 0) is 54.4 Å². The Morgan fingerprint density at radius 2 is 1.95 bits per heavy atom. The molecule has 2 aliphatic heterocycles. The van der Waals surface area contributed by atoms with E-state index in [0.717, 1.165) is 0 Å². The summed E-state index contributed by atoms with van der Waals surface area (Å²) in [5, 5.41) is 11.7. The minimum Gasteiger partial charge on any atom is -0.459 e. The molecule has 2 aliphatic rings. The molecule has 2 bridgehead atoms. The van der Waals surface area contributed by atoms with E-state index in [4.69, 9.17) is 16.2 Å². The predicted octanol–water partition coefficient (Wildman–Crippen LogP) is 0.595. The highest BCUT2D eigenvalue weighted by Crippen LogP contribution is 2.29. The second kappa shape index (κ2) is 13.3. The van der Waals surface area contributed by atoms with Crippen molar-refractivity contribution in [3.63, 3.8) is 0 Å². The highest BCUT2D eigenvalue weighted by atomic mass is 79.9. The smallest absolute Gasteiger partial charge is 0.329 e. The molecule has 2 fully saturated rings. The van der Waals surface area contributed by atoms with Gasteiger partial charge < -0.3 is 42.4 Å². The van der Waals surface area contributed by atoms with Gasteiger partial charge in [0.15, 0.2) is 0 Å². The van der Waals surface area contributed by atoms with Crippen molar-refractivity contribution in [2.24, 2.45) is 16.9 Å². The summed E-state index contributed by atoms with van der Waals surface area (Å²) in [7, 11) is 0. The van der Waals surface area contributed by atoms with Gasteiger partial charge in [0.2, 0.25) is 29.6 Å². The van der Waals surface area contributed by atoms with E-state index in [1.165, 1.54) is 18.7 Å². The molecule has 4 amide bonds. The third kappa shape index (κ3) is 7.75. The molecular formula is C27H34BrN9O6. The standard InChI is InChI=1S/C27H34BrN9O6/c1-27(2,24(30)41)25(42)32-8-4-7-31-21-17(28)12-33-26(36-21)35-15-6-3-5-14(9-15)34-20(38)11-18(29)22(39)37-13-16-10-19(37)23(40)43-16/h3,5-6,9,12,16,18-19H,4,7-8,10-11,13,29H2,1-2H3,(H2,30,41)(H,32,42)(H,34,38)(H2,31,33,35,36)/t16-,18?,19-/m1/s1. The van der Waals surface area contributed by atoms with Crippen molar-refractivity contribution in [1.29, 1.82) is 0 Å². The number of amides is 4. The Labute approximate surface area is 256 Å². The Hall–Kier alpha value is -4.31. The number of hydrogen-bond donors (Lipinski definition) is 6. The first-order chi connectivity index (χ1) is 20.3. The van der Waals surface area contributed by atoms with Crippen LogP contribution in [-0.2, 0) is 28.7 Å². The van der Waals surface area contributed by atoms with Crippen molar-refractivity contribution in [1.82, 2.24) is 20.2 Å². The maximum absolute atomic E-state index is 12.7. The van der Waals surface area contributed by atoms with Crippen LogP contribution in [-0.4, -0.2) is 82.3 Å². The minimum atomic E-state index is -1.29. The molecule has 0 radical (unpaired) electrons. The zero-order valence-electron chi connectivity index (χ0n) is 23.7. The molecule has 0 spiro atoms. The van der Waals surface area contributed by atoms with Gasteiger partial charge in [-0.25, -0.2) is 9.78 Å². The molecule has 1 aromatic heterocycles. The average molecular weight is 661 g/mol. The summed E-state index contributed by atoms with van der Waals surface area (Å²) >= 11 is 3.41. The largest absolute Gasteiger partial charge is 0.459 e. The number of ether oxygens (including phenoxy) is 1. The predicted molar refractivity (Wildman–Crippen MR) is 160 cm³/mol. The summed E-state index contributed by atoms with van der Waals surface area (Å²) in [6, 6.07) is 5.14. The van der Waals surface area contributed by atoms with E-state index in [1.54, 1.807) is 30.5 Å². The Bertz CT molecular complexity index is 1420. The van der Waals surface area contributed by atoms with Crippen LogP contribution in [0.3, 0.4) is 0 Å². The summed E-state index contributed by atoms with van der Waals surface area (Å²) < 4.78 is 5.72. The molecule has 2 saturated heterocycles. The molecule has 2 aromatic rings. The lowest BCUT2D eigenvalue weighted by molar-refractivity contribution is -0.157.